The van der Waals surface area contributed by atoms with Crippen molar-refractivity contribution in [2.45, 2.75) is 25.9 Å². The number of amides is 2. The van der Waals surface area contributed by atoms with Crippen molar-refractivity contribution in [1.29, 1.82) is 0 Å². The maximum atomic E-state index is 13.4. The molecule has 1 aliphatic rings. The summed E-state index contributed by atoms with van der Waals surface area (Å²) in [6.07, 6.45) is 1.56. The summed E-state index contributed by atoms with van der Waals surface area (Å²) in [5, 5.41) is 16.9. The molecule has 7 heteroatoms. The monoisotopic (exact) mass is 332 g/mol. The van der Waals surface area contributed by atoms with Crippen LogP contribution in [0.5, 0.6) is 0 Å². The lowest BCUT2D eigenvalue weighted by molar-refractivity contribution is 0.117. The number of aliphatic hydroxyl groups is 1. The van der Waals surface area contributed by atoms with Crippen molar-refractivity contribution in [1.82, 2.24) is 14.7 Å². The minimum atomic E-state index is -0.479. The van der Waals surface area contributed by atoms with Crippen molar-refractivity contribution in [3.8, 4) is 5.69 Å². The zero-order chi connectivity index (χ0) is 17.3. The first-order valence-corrected chi connectivity index (χ1v) is 7.97. The Morgan fingerprint density at radius 1 is 1.50 bits per heavy atom. The number of halogens is 1. The predicted octanol–water partition coefficient (Wildman–Crippen LogP) is 2.55. The molecule has 1 saturated carbocycles. The molecule has 3 rings (SSSR count). The van der Waals surface area contributed by atoms with Gasteiger partial charge in [0.1, 0.15) is 5.82 Å². The summed E-state index contributed by atoms with van der Waals surface area (Å²) >= 11 is 0. The number of hydrogen-bond acceptors (Lipinski definition) is 3. The Morgan fingerprint density at radius 3 is 2.92 bits per heavy atom. The minimum Gasteiger partial charge on any atom is -0.391 e. The fraction of sp³-hybridized carbons (Fsp3) is 0.412. The first kappa shape index (κ1) is 16.4. The number of nitrogens with zero attached hydrogens (tertiary/aromatic N) is 3. The molecule has 2 aromatic rings. The van der Waals surface area contributed by atoms with Gasteiger partial charge >= 0.3 is 6.03 Å². The zero-order valence-electron chi connectivity index (χ0n) is 13.7. The summed E-state index contributed by atoms with van der Waals surface area (Å²) < 4.78 is 14.9. The summed E-state index contributed by atoms with van der Waals surface area (Å²) in [6.45, 7) is 2.12. The average Bonchev–Trinajstić information content (AvgIpc) is 3.31. The number of aliphatic hydroxyl groups excluding tert-OH is 1. The van der Waals surface area contributed by atoms with Gasteiger partial charge in [0.05, 0.1) is 11.8 Å². The number of carbonyl (C=O) groups is 1. The van der Waals surface area contributed by atoms with E-state index in [2.05, 4.69) is 10.4 Å². The Bertz CT molecular complexity index is 742. The normalized spacial score (nSPS) is 15.2. The molecule has 0 bridgehead atoms. The molecule has 1 aliphatic carbocycles. The van der Waals surface area contributed by atoms with Crippen molar-refractivity contribution in [2.75, 3.05) is 18.9 Å². The van der Waals surface area contributed by atoms with E-state index in [1.54, 1.807) is 29.9 Å². The van der Waals surface area contributed by atoms with E-state index >= 15 is 0 Å². The highest BCUT2D eigenvalue weighted by Gasteiger charge is 2.31. The lowest BCUT2D eigenvalue weighted by atomic mass is 10.2. The predicted molar refractivity (Wildman–Crippen MR) is 88.6 cm³/mol. The van der Waals surface area contributed by atoms with Gasteiger partial charge in [-0.25, -0.2) is 13.9 Å². The largest absolute Gasteiger partial charge is 0.391 e. The van der Waals surface area contributed by atoms with Crippen molar-refractivity contribution in [3.63, 3.8) is 0 Å². The molecule has 0 radical (unpaired) electrons. The zero-order valence-corrected chi connectivity index (χ0v) is 13.7. The number of rotatable bonds is 5. The van der Waals surface area contributed by atoms with Crippen LogP contribution >= 0.6 is 0 Å². The third kappa shape index (κ3) is 3.73. The molecule has 1 unspecified atom stereocenters. The quantitative estimate of drug-likeness (QED) is 0.884. The Hall–Kier alpha value is -2.41. The van der Waals surface area contributed by atoms with Gasteiger partial charge in [-0.1, -0.05) is 6.07 Å². The Balaban J connectivity index is 1.67. The Kier molecular flexibility index (Phi) is 4.53. The van der Waals surface area contributed by atoms with Crippen LogP contribution in [0.15, 0.2) is 30.3 Å². The molecule has 24 heavy (non-hydrogen) atoms. The van der Waals surface area contributed by atoms with Gasteiger partial charge in [0, 0.05) is 25.4 Å². The van der Waals surface area contributed by atoms with Gasteiger partial charge < -0.3 is 10.0 Å². The molecule has 2 N–H and O–H groups in total. The number of carbonyl (C=O) groups excluding carboxylic acids is 1. The highest BCUT2D eigenvalue weighted by atomic mass is 19.1. The van der Waals surface area contributed by atoms with Crippen LogP contribution in [-0.2, 0) is 0 Å². The van der Waals surface area contributed by atoms with E-state index in [1.165, 1.54) is 17.0 Å². The van der Waals surface area contributed by atoms with Crippen molar-refractivity contribution >= 4 is 11.8 Å². The van der Waals surface area contributed by atoms with Crippen molar-refractivity contribution < 1.29 is 14.3 Å². The average molecular weight is 332 g/mol. The molecule has 0 aliphatic heterocycles. The number of benzene rings is 1. The lowest BCUT2D eigenvalue weighted by Crippen LogP contribution is -2.38. The van der Waals surface area contributed by atoms with Gasteiger partial charge in [-0.15, -0.1) is 5.10 Å². The summed E-state index contributed by atoms with van der Waals surface area (Å²) in [5.41, 5.74) is 1.36. The van der Waals surface area contributed by atoms with Gasteiger partial charge in [0.2, 0.25) is 0 Å². The molecule has 128 valence electrons. The minimum absolute atomic E-state index is 0.292. The molecule has 0 spiro atoms. The molecule has 1 fully saturated rings. The van der Waals surface area contributed by atoms with Gasteiger partial charge in [0.25, 0.3) is 0 Å². The molecule has 2 amide bonds. The summed E-state index contributed by atoms with van der Waals surface area (Å²) in [5.74, 6) is 0.353. The summed E-state index contributed by atoms with van der Waals surface area (Å²) in [4.78, 5) is 13.6. The van der Waals surface area contributed by atoms with Gasteiger partial charge in [-0.3, -0.25) is 5.32 Å². The van der Waals surface area contributed by atoms with Crippen LogP contribution < -0.4 is 5.32 Å². The number of anilines is 1. The van der Waals surface area contributed by atoms with Crippen LogP contribution in [0.2, 0.25) is 0 Å². The van der Waals surface area contributed by atoms with Crippen molar-refractivity contribution in [2.24, 2.45) is 5.92 Å². The second-order valence-corrected chi connectivity index (χ2v) is 6.28. The van der Waals surface area contributed by atoms with Crippen molar-refractivity contribution in [3.05, 3.63) is 41.8 Å². The summed E-state index contributed by atoms with van der Waals surface area (Å²) in [7, 11) is 1.64. The number of hydrogen-bond donors (Lipinski definition) is 2. The van der Waals surface area contributed by atoms with E-state index < -0.39 is 6.10 Å². The van der Waals surface area contributed by atoms with Gasteiger partial charge in [-0.05, 0) is 43.9 Å². The van der Waals surface area contributed by atoms with Crippen LogP contribution in [0.25, 0.3) is 5.69 Å². The second kappa shape index (κ2) is 6.60. The third-order valence-electron chi connectivity index (χ3n) is 4.15. The number of nitrogens with one attached hydrogen (secondary N) is 1. The third-order valence-corrected chi connectivity index (χ3v) is 4.15. The lowest BCUT2D eigenvalue weighted by Gasteiger charge is -2.20. The van der Waals surface area contributed by atoms with Crippen LogP contribution in [-0.4, -0.2) is 45.5 Å². The highest BCUT2D eigenvalue weighted by Crippen LogP contribution is 2.32. The van der Waals surface area contributed by atoms with Crippen LogP contribution in [0.4, 0.5) is 15.0 Å². The highest BCUT2D eigenvalue weighted by molar-refractivity contribution is 5.88. The number of aromatic nitrogens is 2. The van der Waals surface area contributed by atoms with Gasteiger partial charge in [0.15, 0.2) is 5.82 Å². The Morgan fingerprint density at radius 2 is 2.25 bits per heavy atom. The van der Waals surface area contributed by atoms with Gasteiger partial charge in [-0.2, -0.15) is 0 Å². The van der Waals surface area contributed by atoms with E-state index in [0.29, 0.717) is 24.0 Å². The first-order valence-electron chi connectivity index (χ1n) is 7.97. The van der Waals surface area contributed by atoms with E-state index in [9.17, 15) is 14.3 Å². The number of aryl methyl sites for hydroxylation is 1. The van der Waals surface area contributed by atoms with Crippen LogP contribution in [0.3, 0.4) is 0 Å². The van der Waals surface area contributed by atoms with E-state index in [1.807, 2.05) is 6.92 Å². The van der Waals surface area contributed by atoms with Crippen LogP contribution in [0.1, 0.15) is 18.5 Å². The number of likely N-dealkylation sites (N-methyl/N-ethyl adjacent to an activating group) is 1. The molecular weight excluding hydrogens is 311 g/mol. The topological polar surface area (TPSA) is 70.4 Å². The first-order chi connectivity index (χ1) is 11.4. The standard InChI is InChI=1S/C17H21FN4O2/c1-11-8-16(20-22(11)14-5-3-4-13(18)9-14)19-17(24)21(2)10-15(23)12-6-7-12/h3-5,8-9,12,15,23H,6-7,10H2,1-2H3,(H,19,20,24). The van der Waals surface area contributed by atoms with Crippen LogP contribution in [0, 0.1) is 18.7 Å². The SMILES string of the molecule is Cc1cc(NC(=O)N(C)CC(O)C2CC2)nn1-c1cccc(F)c1. The molecule has 6 nitrogen and oxygen atoms in total. The summed E-state index contributed by atoms with van der Waals surface area (Å²) in [6, 6.07) is 7.48. The molecule has 1 aromatic heterocycles. The number of urea groups is 1. The smallest absolute Gasteiger partial charge is 0.322 e. The maximum Gasteiger partial charge on any atom is 0.322 e. The fourth-order valence-corrected chi connectivity index (χ4v) is 2.60. The van der Waals surface area contributed by atoms with E-state index in [4.69, 9.17) is 0 Å². The molecular formula is C17H21FN4O2. The molecule has 1 atom stereocenters. The van der Waals surface area contributed by atoms with E-state index in [-0.39, 0.29) is 11.8 Å². The second-order valence-electron chi connectivity index (χ2n) is 6.28. The van der Waals surface area contributed by atoms with E-state index in [0.717, 1.165) is 18.5 Å². The molecule has 1 aromatic carbocycles. The molecule has 1 heterocycles. The molecule has 0 saturated heterocycles. The Labute approximate surface area is 139 Å². The maximum absolute atomic E-state index is 13.4. The fourth-order valence-electron chi connectivity index (χ4n) is 2.60.